The molecule has 0 spiro atoms. The van der Waals surface area contributed by atoms with Crippen LogP contribution in [0.15, 0.2) is 24.3 Å². The largest absolute Gasteiger partial charge is 0.352 e. The van der Waals surface area contributed by atoms with Gasteiger partial charge in [-0.15, -0.1) is 0 Å². The Morgan fingerprint density at radius 2 is 1.87 bits per heavy atom. The Balaban J connectivity index is 2.45. The van der Waals surface area contributed by atoms with E-state index >= 15 is 0 Å². The second-order valence-corrected chi connectivity index (χ2v) is 3.49. The lowest BCUT2D eigenvalue weighted by Crippen LogP contribution is -2.21. The Hall–Kier alpha value is -1.35. The second-order valence-electron chi connectivity index (χ2n) is 3.49. The van der Waals surface area contributed by atoms with Gasteiger partial charge in [-0.25, -0.2) is 0 Å². The van der Waals surface area contributed by atoms with E-state index in [4.69, 9.17) is 5.73 Å². The lowest BCUT2D eigenvalue weighted by molar-refractivity contribution is -0.120. The van der Waals surface area contributed by atoms with Gasteiger partial charge in [0.15, 0.2) is 0 Å². The van der Waals surface area contributed by atoms with Crippen molar-refractivity contribution in [2.24, 2.45) is 5.73 Å². The summed E-state index contributed by atoms with van der Waals surface area (Å²) in [5.41, 5.74) is 7.82. The average molecular weight is 206 g/mol. The monoisotopic (exact) mass is 206 g/mol. The molecule has 0 heterocycles. The molecule has 0 aromatic heterocycles. The topological polar surface area (TPSA) is 55.1 Å². The highest BCUT2D eigenvalue weighted by molar-refractivity contribution is 5.75. The fourth-order valence-electron chi connectivity index (χ4n) is 1.32. The zero-order valence-electron chi connectivity index (χ0n) is 9.12. The number of nitrogens with two attached hydrogens (primary N) is 1. The van der Waals surface area contributed by atoms with Crippen LogP contribution in [0, 0.1) is 0 Å². The van der Waals surface area contributed by atoms with E-state index < -0.39 is 0 Å². The van der Waals surface area contributed by atoms with Crippen LogP contribution >= 0.6 is 0 Å². The molecule has 1 amide bonds. The van der Waals surface area contributed by atoms with Gasteiger partial charge in [0.1, 0.15) is 0 Å². The molecule has 1 rings (SSSR count). The maximum absolute atomic E-state index is 11.0. The van der Waals surface area contributed by atoms with Crippen LogP contribution in [0.2, 0.25) is 0 Å². The minimum Gasteiger partial charge on any atom is -0.352 e. The van der Waals surface area contributed by atoms with E-state index in [2.05, 4.69) is 17.4 Å². The van der Waals surface area contributed by atoms with Gasteiger partial charge in [0, 0.05) is 13.0 Å². The van der Waals surface area contributed by atoms with Gasteiger partial charge >= 0.3 is 0 Å². The summed E-state index contributed by atoms with van der Waals surface area (Å²) in [6, 6.07) is 8.17. The molecule has 0 saturated heterocycles. The van der Waals surface area contributed by atoms with Crippen molar-refractivity contribution in [3.8, 4) is 0 Å². The molecule has 1 aromatic carbocycles. The number of carbonyl (C=O) groups excluding carboxylic acids is 1. The summed E-state index contributed by atoms with van der Waals surface area (Å²) in [7, 11) is 0. The fraction of sp³-hybridized carbons (Fsp3) is 0.417. The summed E-state index contributed by atoms with van der Waals surface area (Å²) in [4.78, 5) is 11.0. The van der Waals surface area contributed by atoms with Gasteiger partial charge in [-0.05, 0) is 24.1 Å². The molecule has 15 heavy (non-hydrogen) atoms. The molecule has 0 aliphatic rings. The smallest absolute Gasteiger partial charge is 0.219 e. The van der Waals surface area contributed by atoms with Gasteiger partial charge < -0.3 is 11.1 Å². The predicted molar refractivity (Wildman–Crippen MR) is 61.3 cm³/mol. The molecule has 0 atom stereocenters. The number of nitrogens with one attached hydrogen (secondary N) is 1. The molecule has 3 N–H and O–H groups in total. The van der Waals surface area contributed by atoms with Gasteiger partial charge in [0.25, 0.3) is 0 Å². The molecule has 0 aliphatic heterocycles. The molecule has 0 fully saturated rings. The van der Waals surface area contributed by atoms with Crippen LogP contribution in [0.5, 0.6) is 0 Å². The lowest BCUT2D eigenvalue weighted by Gasteiger charge is -2.04. The average Bonchev–Trinajstić information content (AvgIpc) is 2.28. The minimum absolute atomic E-state index is 0.0843. The van der Waals surface area contributed by atoms with Crippen molar-refractivity contribution in [1.29, 1.82) is 0 Å². The van der Waals surface area contributed by atoms with Crippen molar-refractivity contribution in [2.75, 3.05) is 6.54 Å². The van der Waals surface area contributed by atoms with Crippen molar-refractivity contribution < 1.29 is 4.79 Å². The standard InChI is InChI=1S/C12H18N2O/c1-2-12(15)14-9-11-5-3-10(4-6-11)7-8-13/h3-6H,2,7-9,13H2,1H3,(H,14,15). The number of hydrogen-bond acceptors (Lipinski definition) is 2. The third kappa shape index (κ3) is 4.13. The first-order chi connectivity index (χ1) is 7.26. The summed E-state index contributed by atoms with van der Waals surface area (Å²) in [6.07, 6.45) is 1.44. The minimum atomic E-state index is 0.0843. The lowest BCUT2D eigenvalue weighted by atomic mass is 10.1. The maximum atomic E-state index is 11.0. The highest BCUT2D eigenvalue weighted by Gasteiger charge is 1.97. The van der Waals surface area contributed by atoms with Crippen LogP contribution < -0.4 is 11.1 Å². The summed E-state index contributed by atoms with van der Waals surface area (Å²) in [5.74, 6) is 0.0843. The molecule has 0 radical (unpaired) electrons. The van der Waals surface area contributed by atoms with E-state index in [1.165, 1.54) is 5.56 Å². The van der Waals surface area contributed by atoms with E-state index in [0.717, 1.165) is 12.0 Å². The van der Waals surface area contributed by atoms with Crippen LogP contribution in [-0.4, -0.2) is 12.5 Å². The SMILES string of the molecule is CCC(=O)NCc1ccc(CCN)cc1. The van der Waals surface area contributed by atoms with E-state index in [-0.39, 0.29) is 5.91 Å². The zero-order valence-corrected chi connectivity index (χ0v) is 9.12. The summed E-state index contributed by atoms with van der Waals surface area (Å²) >= 11 is 0. The van der Waals surface area contributed by atoms with Crippen molar-refractivity contribution in [3.63, 3.8) is 0 Å². The van der Waals surface area contributed by atoms with Crippen molar-refractivity contribution in [2.45, 2.75) is 26.3 Å². The number of hydrogen-bond donors (Lipinski definition) is 2. The molecular weight excluding hydrogens is 188 g/mol. The quantitative estimate of drug-likeness (QED) is 0.761. The van der Waals surface area contributed by atoms with E-state index in [0.29, 0.717) is 19.5 Å². The van der Waals surface area contributed by atoms with Crippen LogP contribution in [0.3, 0.4) is 0 Å². The van der Waals surface area contributed by atoms with Crippen molar-refractivity contribution in [3.05, 3.63) is 35.4 Å². The van der Waals surface area contributed by atoms with E-state index in [1.54, 1.807) is 0 Å². The normalized spacial score (nSPS) is 10.0. The summed E-state index contributed by atoms with van der Waals surface area (Å²) in [5, 5.41) is 2.84. The molecule has 0 saturated carbocycles. The Morgan fingerprint density at radius 3 is 2.40 bits per heavy atom. The number of carbonyl (C=O) groups is 1. The summed E-state index contributed by atoms with van der Waals surface area (Å²) in [6.45, 7) is 3.13. The predicted octanol–water partition coefficient (Wildman–Crippen LogP) is 1.21. The number of amides is 1. The van der Waals surface area contributed by atoms with Crippen LogP contribution in [0.4, 0.5) is 0 Å². The van der Waals surface area contributed by atoms with E-state index in [1.807, 2.05) is 19.1 Å². The number of benzene rings is 1. The molecule has 0 aliphatic carbocycles. The molecule has 0 bridgehead atoms. The van der Waals surface area contributed by atoms with Gasteiger partial charge in [-0.3, -0.25) is 4.79 Å². The second kappa shape index (κ2) is 6.19. The third-order valence-corrected chi connectivity index (χ3v) is 2.27. The van der Waals surface area contributed by atoms with Gasteiger partial charge in [0.2, 0.25) is 5.91 Å². The first-order valence-corrected chi connectivity index (χ1v) is 5.31. The highest BCUT2D eigenvalue weighted by atomic mass is 16.1. The van der Waals surface area contributed by atoms with Crippen LogP contribution in [0.1, 0.15) is 24.5 Å². The molecule has 3 nitrogen and oxygen atoms in total. The van der Waals surface area contributed by atoms with E-state index in [9.17, 15) is 4.79 Å². The first kappa shape index (κ1) is 11.7. The Labute approximate surface area is 90.7 Å². The van der Waals surface area contributed by atoms with Gasteiger partial charge in [-0.2, -0.15) is 0 Å². The third-order valence-electron chi connectivity index (χ3n) is 2.27. The van der Waals surface area contributed by atoms with Crippen molar-refractivity contribution >= 4 is 5.91 Å². The molecular formula is C12H18N2O. The highest BCUT2D eigenvalue weighted by Crippen LogP contribution is 2.04. The van der Waals surface area contributed by atoms with Crippen LogP contribution in [-0.2, 0) is 17.8 Å². The molecule has 0 unspecified atom stereocenters. The Morgan fingerprint density at radius 1 is 1.27 bits per heavy atom. The molecule has 3 heteroatoms. The van der Waals surface area contributed by atoms with Crippen LogP contribution in [0.25, 0.3) is 0 Å². The zero-order chi connectivity index (χ0) is 11.1. The Bertz CT molecular complexity index is 306. The summed E-state index contributed by atoms with van der Waals surface area (Å²) < 4.78 is 0. The van der Waals surface area contributed by atoms with Gasteiger partial charge in [0.05, 0.1) is 0 Å². The first-order valence-electron chi connectivity index (χ1n) is 5.31. The fourth-order valence-corrected chi connectivity index (χ4v) is 1.32. The molecule has 82 valence electrons. The maximum Gasteiger partial charge on any atom is 0.219 e. The Kier molecular flexibility index (Phi) is 4.84. The van der Waals surface area contributed by atoms with Crippen molar-refractivity contribution in [1.82, 2.24) is 5.32 Å². The van der Waals surface area contributed by atoms with Gasteiger partial charge in [-0.1, -0.05) is 31.2 Å². The molecule has 1 aromatic rings. The number of rotatable bonds is 5.